The third kappa shape index (κ3) is 4.75. The molecule has 3 aromatic carbocycles. The minimum Gasteiger partial charge on any atom is -0.484 e. The summed E-state index contributed by atoms with van der Waals surface area (Å²) >= 11 is 0. The molecule has 2 N–H and O–H groups in total. The molecule has 5 rings (SSSR count). The second-order valence-electron chi connectivity index (χ2n) is 7.61. The molecule has 160 valence electrons. The van der Waals surface area contributed by atoms with Crippen molar-refractivity contribution in [3.8, 4) is 17.1 Å². The fourth-order valence-electron chi connectivity index (χ4n) is 3.35. The van der Waals surface area contributed by atoms with Crippen LogP contribution in [0.5, 0.6) is 5.75 Å². The van der Waals surface area contributed by atoms with E-state index in [0.29, 0.717) is 23.3 Å². The van der Waals surface area contributed by atoms with E-state index in [1.54, 1.807) is 0 Å². The molecule has 0 unspecified atom stereocenters. The second kappa shape index (κ2) is 8.89. The molecular weight excluding hydrogens is 404 g/mol. The summed E-state index contributed by atoms with van der Waals surface area (Å²) in [7, 11) is 0. The molecule has 0 spiro atoms. The van der Waals surface area contributed by atoms with Crippen molar-refractivity contribution in [2.45, 2.75) is 18.9 Å². The largest absolute Gasteiger partial charge is 0.484 e. The van der Waals surface area contributed by atoms with Crippen molar-refractivity contribution >= 4 is 23.0 Å². The van der Waals surface area contributed by atoms with Crippen molar-refractivity contribution in [2.75, 3.05) is 17.2 Å². The van der Waals surface area contributed by atoms with E-state index in [1.165, 1.54) is 0 Å². The van der Waals surface area contributed by atoms with Gasteiger partial charge in [0, 0.05) is 22.6 Å². The molecule has 1 heterocycles. The molecule has 8 nitrogen and oxygen atoms in total. The highest BCUT2D eigenvalue weighted by atomic mass is 16.5. The SMILES string of the molecule is O=C(COc1ccc(Nc2ccccc2)cc1)Nc1cccc(-c2nnnn2C2CC2)c1. The predicted octanol–water partition coefficient (Wildman–Crippen LogP) is 4.44. The molecule has 0 saturated heterocycles. The van der Waals surface area contributed by atoms with Crippen LogP contribution >= 0.6 is 0 Å². The number of tetrazole rings is 1. The van der Waals surface area contributed by atoms with Crippen molar-refractivity contribution in [3.63, 3.8) is 0 Å². The fraction of sp³-hybridized carbons (Fsp3) is 0.167. The molecule has 32 heavy (non-hydrogen) atoms. The van der Waals surface area contributed by atoms with Gasteiger partial charge >= 0.3 is 0 Å². The van der Waals surface area contributed by atoms with Crippen molar-refractivity contribution in [1.82, 2.24) is 20.2 Å². The summed E-state index contributed by atoms with van der Waals surface area (Å²) in [5.41, 5.74) is 3.48. The number of hydrogen-bond acceptors (Lipinski definition) is 6. The van der Waals surface area contributed by atoms with Gasteiger partial charge in [0.25, 0.3) is 5.91 Å². The number of amides is 1. The average molecular weight is 426 g/mol. The van der Waals surface area contributed by atoms with Crippen molar-refractivity contribution < 1.29 is 9.53 Å². The van der Waals surface area contributed by atoms with Crippen LogP contribution in [-0.4, -0.2) is 32.7 Å². The highest BCUT2D eigenvalue weighted by Crippen LogP contribution is 2.36. The standard InChI is InChI=1S/C24H22N6O2/c31-23(16-32-22-13-9-19(10-14-22)25-18-6-2-1-3-7-18)26-20-8-4-5-17(15-20)24-27-28-29-30(24)21-11-12-21/h1-10,13-15,21,25H,11-12,16H2,(H,26,31). The summed E-state index contributed by atoms with van der Waals surface area (Å²) in [5, 5.41) is 18.2. The molecule has 8 heteroatoms. The molecule has 1 aliphatic rings. The van der Waals surface area contributed by atoms with E-state index in [1.807, 2.05) is 83.5 Å². The summed E-state index contributed by atoms with van der Waals surface area (Å²) in [6, 6.07) is 25.3. The Morgan fingerprint density at radius 1 is 0.938 bits per heavy atom. The molecular formula is C24H22N6O2. The first-order chi connectivity index (χ1) is 15.7. The highest BCUT2D eigenvalue weighted by molar-refractivity contribution is 5.92. The number of nitrogens with one attached hydrogen (secondary N) is 2. The van der Waals surface area contributed by atoms with Crippen LogP contribution < -0.4 is 15.4 Å². The lowest BCUT2D eigenvalue weighted by Crippen LogP contribution is -2.20. The first-order valence-electron chi connectivity index (χ1n) is 10.5. The minimum absolute atomic E-state index is 0.0878. The monoisotopic (exact) mass is 426 g/mol. The number of aromatic nitrogens is 4. The molecule has 0 aliphatic heterocycles. The third-order valence-electron chi connectivity index (χ3n) is 5.08. The molecule has 0 bridgehead atoms. The van der Waals surface area contributed by atoms with Gasteiger partial charge in [-0.1, -0.05) is 30.3 Å². The van der Waals surface area contributed by atoms with Gasteiger partial charge in [0.15, 0.2) is 12.4 Å². The Bertz CT molecular complexity index is 1200. The smallest absolute Gasteiger partial charge is 0.262 e. The van der Waals surface area contributed by atoms with E-state index in [9.17, 15) is 4.79 Å². The Balaban J connectivity index is 1.16. The van der Waals surface area contributed by atoms with Gasteiger partial charge in [0.05, 0.1) is 6.04 Å². The van der Waals surface area contributed by atoms with Crippen LogP contribution in [0.2, 0.25) is 0 Å². The van der Waals surface area contributed by atoms with Crippen molar-refractivity contribution in [3.05, 3.63) is 78.9 Å². The third-order valence-corrected chi connectivity index (χ3v) is 5.08. The molecule has 1 fully saturated rings. The number of carbonyl (C=O) groups is 1. The van der Waals surface area contributed by atoms with Crippen molar-refractivity contribution in [2.24, 2.45) is 0 Å². The van der Waals surface area contributed by atoms with Crippen molar-refractivity contribution in [1.29, 1.82) is 0 Å². The highest BCUT2D eigenvalue weighted by Gasteiger charge is 2.28. The molecule has 1 amide bonds. The Morgan fingerprint density at radius 3 is 2.47 bits per heavy atom. The van der Waals surface area contributed by atoms with E-state index in [-0.39, 0.29) is 12.5 Å². The number of benzene rings is 3. The number of rotatable bonds is 8. The quantitative estimate of drug-likeness (QED) is 0.433. The van der Waals surface area contributed by atoms with E-state index >= 15 is 0 Å². The van der Waals surface area contributed by atoms with Gasteiger partial charge in [-0.2, -0.15) is 0 Å². The maximum atomic E-state index is 12.4. The van der Waals surface area contributed by atoms with Gasteiger partial charge in [-0.3, -0.25) is 4.79 Å². The number of anilines is 3. The van der Waals surface area contributed by atoms with Gasteiger partial charge in [-0.15, -0.1) is 5.10 Å². The minimum atomic E-state index is -0.240. The van der Waals surface area contributed by atoms with Gasteiger partial charge < -0.3 is 15.4 Å². The van der Waals surface area contributed by atoms with Gasteiger partial charge in [0.2, 0.25) is 0 Å². The zero-order valence-corrected chi connectivity index (χ0v) is 17.3. The predicted molar refractivity (Wildman–Crippen MR) is 122 cm³/mol. The Labute approximate surface area is 185 Å². The van der Waals surface area contributed by atoms with Crippen LogP contribution in [0.25, 0.3) is 11.4 Å². The van der Waals surface area contributed by atoms with Crippen LogP contribution in [0.4, 0.5) is 17.1 Å². The van der Waals surface area contributed by atoms with E-state index in [0.717, 1.165) is 29.8 Å². The summed E-state index contributed by atoms with van der Waals surface area (Å²) in [5.74, 6) is 1.09. The maximum absolute atomic E-state index is 12.4. The summed E-state index contributed by atoms with van der Waals surface area (Å²) in [4.78, 5) is 12.4. The number of para-hydroxylation sites is 1. The average Bonchev–Trinajstić information content (AvgIpc) is 3.55. The van der Waals surface area contributed by atoms with Gasteiger partial charge in [-0.05, 0) is 71.8 Å². The lowest BCUT2D eigenvalue weighted by molar-refractivity contribution is -0.118. The lowest BCUT2D eigenvalue weighted by atomic mass is 10.2. The second-order valence-corrected chi connectivity index (χ2v) is 7.61. The number of nitrogens with zero attached hydrogens (tertiary/aromatic N) is 4. The Morgan fingerprint density at radius 2 is 1.69 bits per heavy atom. The molecule has 0 radical (unpaired) electrons. The van der Waals surface area contributed by atoms with Crippen LogP contribution in [0.3, 0.4) is 0 Å². The molecule has 4 aromatic rings. The van der Waals surface area contributed by atoms with Crippen LogP contribution in [0.1, 0.15) is 18.9 Å². The lowest BCUT2D eigenvalue weighted by Gasteiger charge is -2.10. The first kappa shape index (κ1) is 19.7. The van der Waals surface area contributed by atoms with E-state index < -0.39 is 0 Å². The van der Waals surface area contributed by atoms with E-state index in [2.05, 4.69) is 26.2 Å². The summed E-state index contributed by atoms with van der Waals surface area (Å²) in [6.07, 6.45) is 2.18. The molecule has 1 aromatic heterocycles. The molecule has 1 saturated carbocycles. The van der Waals surface area contributed by atoms with Gasteiger partial charge in [0.1, 0.15) is 5.75 Å². The normalized spacial score (nSPS) is 12.9. The van der Waals surface area contributed by atoms with Crippen LogP contribution in [0.15, 0.2) is 78.9 Å². The summed E-state index contributed by atoms with van der Waals surface area (Å²) in [6.45, 7) is -0.0878. The van der Waals surface area contributed by atoms with Crippen LogP contribution in [-0.2, 0) is 4.79 Å². The molecule has 1 aliphatic carbocycles. The van der Waals surface area contributed by atoms with Gasteiger partial charge in [-0.25, -0.2) is 4.68 Å². The Kier molecular flexibility index (Phi) is 5.48. The van der Waals surface area contributed by atoms with E-state index in [4.69, 9.17) is 4.74 Å². The topological polar surface area (TPSA) is 94.0 Å². The number of ether oxygens (including phenoxy) is 1. The maximum Gasteiger partial charge on any atom is 0.262 e. The fourth-order valence-corrected chi connectivity index (χ4v) is 3.35. The van der Waals surface area contributed by atoms with Crippen LogP contribution in [0, 0.1) is 0 Å². The zero-order valence-electron chi connectivity index (χ0n) is 17.3. The zero-order chi connectivity index (χ0) is 21.8. The molecule has 0 atom stereocenters. The first-order valence-corrected chi connectivity index (χ1v) is 10.5. The number of carbonyl (C=O) groups excluding carboxylic acids is 1. The Hall–Kier alpha value is -4.20. The summed E-state index contributed by atoms with van der Waals surface area (Å²) < 4.78 is 7.48. The number of hydrogen-bond donors (Lipinski definition) is 2.